The highest BCUT2D eigenvalue weighted by Crippen LogP contribution is 2.56. The predicted molar refractivity (Wildman–Crippen MR) is 102 cm³/mol. The van der Waals surface area contributed by atoms with Crippen molar-refractivity contribution in [2.45, 2.75) is 32.2 Å². The van der Waals surface area contributed by atoms with Crippen LogP contribution in [0.3, 0.4) is 0 Å². The summed E-state index contributed by atoms with van der Waals surface area (Å²) < 4.78 is 10.1. The second-order valence-electron chi connectivity index (χ2n) is 7.99. The van der Waals surface area contributed by atoms with Gasteiger partial charge in [-0.15, -0.1) is 0 Å². The minimum absolute atomic E-state index is 0.255. The van der Waals surface area contributed by atoms with E-state index in [9.17, 15) is 19.2 Å². The number of ether oxygens (including phenoxy) is 2. The lowest BCUT2D eigenvalue weighted by Gasteiger charge is -2.23. The van der Waals surface area contributed by atoms with Crippen LogP contribution in [0.1, 0.15) is 26.2 Å². The van der Waals surface area contributed by atoms with E-state index in [1.807, 2.05) is 0 Å². The molecule has 1 heterocycles. The Morgan fingerprint density at radius 2 is 1.69 bits per heavy atom. The van der Waals surface area contributed by atoms with Gasteiger partial charge in [-0.05, 0) is 62.3 Å². The number of methoxy groups -OCH3 is 1. The molecular formula is C21H24N2O6. The van der Waals surface area contributed by atoms with Gasteiger partial charge in [-0.1, -0.05) is 0 Å². The van der Waals surface area contributed by atoms with Crippen LogP contribution in [-0.2, 0) is 23.9 Å². The molecule has 8 heteroatoms. The molecule has 0 aromatic heterocycles. The minimum Gasteiger partial charge on any atom is -0.497 e. The highest BCUT2D eigenvalue weighted by Gasteiger charge is 2.62. The van der Waals surface area contributed by atoms with E-state index >= 15 is 0 Å². The second-order valence-corrected chi connectivity index (χ2v) is 7.99. The van der Waals surface area contributed by atoms with Crippen LogP contribution in [0.2, 0.25) is 0 Å². The Hall–Kier alpha value is -2.90. The van der Waals surface area contributed by atoms with Gasteiger partial charge in [-0.2, -0.15) is 0 Å². The molecule has 1 aliphatic heterocycles. The van der Waals surface area contributed by atoms with Crippen molar-refractivity contribution in [3.8, 4) is 5.75 Å². The zero-order valence-corrected chi connectivity index (χ0v) is 16.4. The average Bonchev–Trinajstić information content (AvgIpc) is 3.40. The van der Waals surface area contributed by atoms with Gasteiger partial charge in [-0.25, -0.2) is 4.79 Å². The number of anilines is 1. The summed E-state index contributed by atoms with van der Waals surface area (Å²) in [5.41, 5.74) is 0.535. The largest absolute Gasteiger partial charge is 0.497 e. The predicted octanol–water partition coefficient (Wildman–Crippen LogP) is 1.60. The highest BCUT2D eigenvalue weighted by molar-refractivity contribution is 6.08. The Bertz CT molecular complexity index is 823. The maximum absolute atomic E-state index is 12.8. The summed E-state index contributed by atoms with van der Waals surface area (Å²) in [4.78, 5) is 51.0. The molecule has 1 N–H and O–H groups in total. The van der Waals surface area contributed by atoms with Crippen LogP contribution in [-0.4, -0.2) is 48.3 Å². The summed E-state index contributed by atoms with van der Waals surface area (Å²) in [6.45, 7) is 0.978. The maximum Gasteiger partial charge on any atom is 0.329 e. The number of nitrogens with one attached hydrogen (secondary N) is 1. The number of benzene rings is 1. The summed E-state index contributed by atoms with van der Waals surface area (Å²) in [5, 5.41) is 2.61. The summed E-state index contributed by atoms with van der Waals surface area (Å²) >= 11 is 0. The molecule has 2 bridgehead atoms. The molecule has 3 amide bonds. The molecule has 3 aliphatic rings. The highest BCUT2D eigenvalue weighted by atomic mass is 16.5. The number of carbonyl (C=O) groups excluding carboxylic acids is 4. The summed E-state index contributed by atoms with van der Waals surface area (Å²) in [7, 11) is 1.54. The monoisotopic (exact) mass is 400 g/mol. The van der Waals surface area contributed by atoms with E-state index < -0.39 is 24.5 Å². The first-order valence-electron chi connectivity index (χ1n) is 9.88. The summed E-state index contributed by atoms with van der Waals surface area (Å²) in [5.74, 6) is -1.20. The molecule has 29 heavy (non-hydrogen) atoms. The van der Waals surface area contributed by atoms with Crippen molar-refractivity contribution >= 4 is 29.4 Å². The molecule has 5 atom stereocenters. The van der Waals surface area contributed by atoms with Gasteiger partial charge in [0, 0.05) is 5.69 Å². The molecule has 2 aliphatic carbocycles. The zero-order chi connectivity index (χ0) is 20.7. The number of imide groups is 1. The molecule has 2 saturated carbocycles. The Kier molecular flexibility index (Phi) is 5.02. The van der Waals surface area contributed by atoms with E-state index in [1.165, 1.54) is 6.92 Å². The number of fused-ring (bicyclic) bond motifs is 5. The third kappa shape index (κ3) is 3.36. The van der Waals surface area contributed by atoms with Gasteiger partial charge in [0.2, 0.25) is 11.8 Å². The van der Waals surface area contributed by atoms with Gasteiger partial charge < -0.3 is 14.8 Å². The molecule has 0 radical (unpaired) electrons. The molecule has 1 saturated heterocycles. The number of hydrogen-bond donors (Lipinski definition) is 1. The Balaban J connectivity index is 1.32. The lowest BCUT2D eigenvalue weighted by atomic mass is 9.81. The van der Waals surface area contributed by atoms with Crippen molar-refractivity contribution in [1.82, 2.24) is 4.90 Å². The quantitative estimate of drug-likeness (QED) is 0.575. The fourth-order valence-electron chi connectivity index (χ4n) is 5.05. The van der Waals surface area contributed by atoms with Crippen LogP contribution in [0.25, 0.3) is 0 Å². The van der Waals surface area contributed by atoms with E-state index in [4.69, 9.17) is 9.47 Å². The van der Waals surface area contributed by atoms with Crippen LogP contribution in [0.4, 0.5) is 5.69 Å². The van der Waals surface area contributed by atoms with E-state index in [1.54, 1.807) is 31.4 Å². The first kappa shape index (κ1) is 19.4. The molecule has 0 unspecified atom stereocenters. The topological polar surface area (TPSA) is 102 Å². The molecule has 8 nitrogen and oxygen atoms in total. The van der Waals surface area contributed by atoms with Gasteiger partial charge in [0.25, 0.3) is 5.91 Å². The Morgan fingerprint density at radius 1 is 1.10 bits per heavy atom. The number of nitrogens with zero attached hydrogens (tertiary/aromatic N) is 1. The standard InChI is InChI=1S/C21H24N2O6/c1-11(23-19(25)17-12-3-4-13(9-12)18(17)20(23)26)21(27)29-10-16(24)22-14-5-7-15(28-2)8-6-14/h5-8,11-13,17-18H,3-4,9-10H2,1-2H3,(H,22,24)/t11-,12+,13+,17+,18+/m1/s1. The first-order valence-corrected chi connectivity index (χ1v) is 9.88. The second kappa shape index (κ2) is 7.50. The van der Waals surface area contributed by atoms with Crippen LogP contribution in [0, 0.1) is 23.7 Å². The van der Waals surface area contributed by atoms with Crippen LogP contribution in [0.15, 0.2) is 24.3 Å². The third-order valence-corrected chi connectivity index (χ3v) is 6.41. The van der Waals surface area contributed by atoms with E-state index in [0.29, 0.717) is 11.4 Å². The lowest BCUT2D eigenvalue weighted by molar-refractivity contribution is -0.159. The number of rotatable bonds is 6. The molecular weight excluding hydrogens is 376 g/mol. The van der Waals surface area contributed by atoms with Crippen molar-refractivity contribution in [3.05, 3.63) is 24.3 Å². The smallest absolute Gasteiger partial charge is 0.329 e. The van der Waals surface area contributed by atoms with Gasteiger partial charge in [-0.3, -0.25) is 19.3 Å². The molecule has 4 rings (SSSR count). The van der Waals surface area contributed by atoms with Crippen LogP contribution in [0.5, 0.6) is 5.75 Å². The van der Waals surface area contributed by atoms with Gasteiger partial charge in [0.05, 0.1) is 18.9 Å². The van der Waals surface area contributed by atoms with Crippen molar-refractivity contribution in [1.29, 1.82) is 0 Å². The van der Waals surface area contributed by atoms with Crippen molar-refractivity contribution in [3.63, 3.8) is 0 Å². The minimum atomic E-state index is -1.03. The fraction of sp³-hybridized carbons (Fsp3) is 0.524. The van der Waals surface area contributed by atoms with Crippen molar-refractivity contribution in [2.24, 2.45) is 23.7 Å². The van der Waals surface area contributed by atoms with E-state index in [0.717, 1.165) is 24.2 Å². The van der Waals surface area contributed by atoms with Gasteiger partial charge >= 0.3 is 5.97 Å². The van der Waals surface area contributed by atoms with Gasteiger partial charge in [0.1, 0.15) is 11.8 Å². The van der Waals surface area contributed by atoms with Crippen molar-refractivity contribution < 1.29 is 28.7 Å². The SMILES string of the molecule is COc1ccc(NC(=O)COC(=O)[C@@H](C)N2C(=O)[C@H]3[C@H]4CC[C@@H](C4)[C@@H]3C2=O)cc1. The summed E-state index contributed by atoms with van der Waals surface area (Å²) in [6.07, 6.45) is 2.89. The van der Waals surface area contributed by atoms with E-state index in [-0.39, 0.29) is 35.5 Å². The lowest BCUT2D eigenvalue weighted by Crippen LogP contribution is -2.45. The number of amides is 3. The molecule has 154 valence electrons. The number of hydrogen-bond acceptors (Lipinski definition) is 6. The maximum atomic E-state index is 12.8. The Morgan fingerprint density at radius 3 is 2.24 bits per heavy atom. The van der Waals surface area contributed by atoms with Crippen molar-refractivity contribution in [2.75, 3.05) is 19.0 Å². The molecule has 3 fully saturated rings. The van der Waals surface area contributed by atoms with Crippen LogP contribution >= 0.6 is 0 Å². The first-order chi connectivity index (χ1) is 13.9. The fourth-order valence-corrected chi connectivity index (χ4v) is 5.05. The Labute approximate surface area is 168 Å². The summed E-state index contributed by atoms with van der Waals surface area (Å²) in [6, 6.07) is 5.68. The number of carbonyl (C=O) groups is 4. The third-order valence-electron chi connectivity index (χ3n) is 6.41. The number of likely N-dealkylation sites (tertiary alicyclic amines) is 1. The zero-order valence-electron chi connectivity index (χ0n) is 16.4. The molecule has 0 spiro atoms. The van der Waals surface area contributed by atoms with Gasteiger partial charge in [0.15, 0.2) is 6.61 Å². The molecule has 1 aromatic carbocycles. The van der Waals surface area contributed by atoms with E-state index in [2.05, 4.69) is 5.32 Å². The number of esters is 1. The van der Waals surface area contributed by atoms with Crippen LogP contribution < -0.4 is 10.1 Å². The molecule has 1 aromatic rings. The normalized spacial score (nSPS) is 28.3. The average molecular weight is 400 g/mol.